The SMILES string of the molecule is CSCC[C@H](N)C(=O)N[C@H](C(=O)O)[C@H](C)O. The van der Waals surface area contributed by atoms with E-state index >= 15 is 0 Å². The largest absolute Gasteiger partial charge is 0.480 e. The average molecular weight is 250 g/mol. The van der Waals surface area contributed by atoms with E-state index in [1.807, 2.05) is 6.26 Å². The minimum absolute atomic E-state index is 0.471. The van der Waals surface area contributed by atoms with E-state index in [4.69, 9.17) is 15.9 Å². The third kappa shape index (κ3) is 5.34. The Balaban J connectivity index is 4.24. The highest BCUT2D eigenvalue weighted by Gasteiger charge is 2.26. The molecule has 0 fully saturated rings. The van der Waals surface area contributed by atoms with Crippen LogP contribution in [0.25, 0.3) is 0 Å². The van der Waals surface area contributed by atoms with Gasteiger partial charge in [0.2, 0.25) is 5.91 Å². The van der Waals surface area contributed by atoms with E-state index in [1.54, 1.807) is 11.8 Å². The Bertz CT molecular complexity index is 248. The van der Waals surface area contributed by atoms with Crippen LogP contribution in [0.2, 0.25) is 0 Å². The van der Waals surface area contributed by atoms with Crippen LogP contribution in [0.15, 0.2) is 0 Å². The number of rotatable bonds is 7. The van der Waals surface area contributed by atoms with Crippen LogP contribution >= 0.6 is 11.8 Å². The maximum Gasteiger partial charge on any atom is 0.328 e. The molecule has 6 nitrogen and oxygen atoms in total. The van der Waals surface area contributed by atoms with Gasteiger partial charge in [-0.15, -0.1) is 0 Å². The van der Waals surface area contributed by atoms with Crippen molar-refractivity contribution >= 4 is 23.6 Å². The normalized spacial score (nSPS) is 16.2. The molecule has 0 heterocycles. The number of hydrogen-bond acceptors (Lipinski definition) is 5. The monoisotopic (exact) mass is 250 g/mol. The number of aliphatic hydroxyl groups is 1. The molecule has 0 aliphatic carbocycles. The summed E-state index contributed by atoms with van der Waals surface area (Å²) in [6.45, 7) is 1.30. The average Bonchev–Trinajstić information content (AvgIpc) is 2.20. The zero-order valence-electron chi connectivity index (χ0n) is 9.34. The van der Waals surface area contributed by atoms with Crippen molar-refractivity contribution in [2.75, 3.05) is 12.0 Å². The lowest BCUT2D eigenvalue weighted by molar-refractivity contribution is -0.145. The number of nitrogens with one attached hydrogen (secondary N) is 1. The van der Waals surface area contributed by atoms with Crippen LogP contribution in [-0.4, -0.2) is 52.3 Å². The summed E-state index contributed by atoms with van der Waals surface area (Å²) < 4.78 is 0. The lowest BCUT2D eigenvalue weighted by atomic mass is 10.1. The molecule has 1 amide bonds. The zero-order valence-corrected chi connectivity index (χ0v) is 10.2. The van der Waals surface area contributed by atoms with Crippen molar-refractivity contribution in [1.82, 2.24) is 5.32 Å². The summed E-state index contributed by atoms with van der Waals surface area (Å²) in [5.74, 6) is -1.11. The van der Waals surface area contributed by atoms with E-state index < -0.39 is 30.1 Å². The first-order chi connectivity index (χ1) is 7.40. The first-order valence-corrected chi connectivity index (χ1v) is 6.25. The van der Waals surface area contributed by atoms with Gasteiger partial charge in [-0.2, -0.15) is 11.8 Å². The fourth-order valence-corrected chi connectivity index (χ4v) is 1.51. The molecule has 0 rings (SSSR count). The first-order valence-electron chi connectivity index (χ1n) is 4.86. The van der Waals surface area contributed by atoms with Gasteiger partial charge in [0, 0.05) is 0 Å². The van der Waals surface area contributed by atoms with Gasteiger partial charge in [-0.1, -0.05) is 0 Å². The standard InChI is InChI=1S/C9H18N2O4S/c1-5(12)7(9(14)15)11-8(13)6(10)3-4-16-2/h5-7,12H,3-4,10H2,1-2H3,(H,11,13)(H,14,15)/t5-,6-,7-/m0/s1. The number of aliphatic carboxylic acids is 1. The van der Waals surface area contributed by atoms with Gasteiger partial charge in [0.1, 0.15) is 0 Å². The summed E-state index contributed by atoms with van der Waals surface area (Å²) in [7, 11) is 0. The minimum Gasteiger partial charge on any atom is -0.480 e. The molecule has 5 N–H and O–H groups in total. The van der Waals surface area contributed by atoms with Gasteiger partial charge in [-0.25, -0.2) is 4.79 Å². The number of nitrogens with two attached hydrogens (primary N) is 1. The number of hydrogen-bond donors (Lipinski definition) is 4. The molecule has 16 heavy (non-hydrogen) atoms. The summed E-state index contributed by atoms with van der Waals surface area (Å²) in [5, 5.41) is 20.1. The van der Waals surface area contributed by atoms with Crippen LogP contribution < -0.4 is 11.1 Å². The Morgan fingerprint density at radius 3 is 2.44 bits per heavy atom. The van der Waals surface area contributed by atoms with Crippen LogP contribution in [0.1, 0.15) is 13.3 Å². The highest BCUT2D eigenvalue weighted by molar-refractivity contribution is 7.98. The van der Waals surface area contributed by atoms with E-state index in [9.17, 15) is 9.59 Å². The highest BCUT2D eigenvalue weighted by atomic mass is 32.2. The number of amides is 1. The van der Waals surface area contributed by atoms with Crippen molar-refractivity contribution in [3.05, 3.63) is 0 Å². The lowest BCUT2D eigenvalue weighted by Gasteiger charge is -2.19. The van der Waals surface area contributed by atoms with Crippen molar-refractivity contribution in [2.45, 2.75) is 31.5 Å². The Kier molecular flexibility index (Phi) is 7.11. The maximum atomic E-state index is 11.4. The molecule has 0 bridgehead atoms. The van der Waals surface area contributed by atoms with Gasteiger partial charge in [-0.3, -0.25) is 4.79 Å². The van der Waals surface area contributed by atoms with E-state index in [0.29, 0.717) is 6.42 Å². The molecule has 0 saturated heterocycles. The molecule has 7 heteroatoms. The van der Waals surface area contributed by atoms with Gasteiger partial charge in [0.15, 0.2) is 6.04 Å². The fourth-order valence-electron chi connectivity index (χ4n) is 1.02. The molecule has 0 aliphatic heterocycles. The van der Waals surface area contributed by atoms with E-state index in [0.717, 1.165) is 5.75 Å². The van der Waals surface area contributed by atoms with Crippen molar-refractivity contribution in [1.29, 1.82) is 0 Å². The molecular formula is C9H18N2O4S. The third-order valence-corrected chi connectivity index (χ3v) is 2.66. The molecule has 0 radical (unpaired) electrons. The van der Waals surface area contributed by atoms with Gasteiger partial charge >= 0.3 is 5.97 Å². The molecule has 94 valence electrons. The third-order valence-electron chi connectivity index (χ3n) is 2.02. The van der Waals surface area contributed by atoms with Crippen LogP contribution in [0.4, 0.5) is 0 Å². The second-order valence-electron chi connectivity index (χ2n) is 3.45. The fraction of sp³-hybridized carbons (Fsp3) is 0.778. The van der Waals surface area contributed by atoms with E-state index in [2.05, 4.69) is 5.32 Å². The number of carbonyl (C=O) groups excluding carboxylic acids is 1. The van der Waals surface area contributed by atoms with E-state index in [1.165, 1.54) is 6.92 Å². The van der Waals surface area contributed by atoms with Gasteiger partial charge < -0.3 is 21.3 Å². The second-order valence-corrected chi connectivity index (χ2v) is 4.44. The van der Waals surface area contributed by atoms with Gasteiger partial charge in [-0.05, 0) is 25.4 Å². The zero-order chi connectivity index (χ0) is 12.7. The van der Waals surface area contributed by atoms with Gasteiger partial charge in [0.25, 0.3) is 0 Å². The number of aliphatic hydroxyl groups excluding tert-OH is 1. The number of carbonyl (C=O) groups is 2. The summed E-state index contributed by atoms with van der Waals surface area (Å²) in [6.07, 6.45) is 1.20. The Morgan fingerprint density at radius 2 is 2.06 bits per heavy atom. The Labute approximate surface area is 98.6 Å². The molecule has 0 saturated carbocycles. The maximum absolute atomic E-state index is 11.4. The molecule has 0 spiro atoms. The smallest absolute Gasteiger partial charge is 0.328 e. The molecule has 0 aromatic carbocycles. The van der Waals surface area contributed by atoms with Gasteiger partial charge in [0.05, 0.1) is 12.1 Å². The van der Waals surface area contributed by atoms with Crippen LogP contribution in [0, 0.1) is 0 Å². The first kappa shape index (κ1) is 15.2. The van der Waals surface area contributed by atoms with Crippen molar-refractivity contribution in [3.63, 3.8) is 0 Å². The topological polar surface area (TPSA) is 113 Å². The number of carboxylic acids is 1. The predicted molar refractivity (Wildman–Crippen MR) is 62.2 cm³/mol. The summed E-state index contributed by atoms with van der Waals surface area (Å²) in [5.41, 5.74) is 5.55. The summed E-state index contributed by atoms with van der Waals surface area (Å²) in [4.78, 5) is 22.1. The molecule has 0 aromatic heterocycles. The summed E-state index contributed by atoms with van der Waals surface area (Å²) >= 11 is 1.55. The molecule has 0 aromatic rings. The number of thioether (sulfide) groups is 1. The van der Waals surface area contributed by atoms with Crippen LogP contribution in [0.3, 0.4) is 0 Å². The Morgan fingerprint density at radius 1 is 1.50 bits per heavy atom. The molecule has 3 atom stereocenters. The minimum atomic E-state index is -1.31. The molecular weight excluding hydrogens is 232 g/mol. The molecule has 0 aliphatic rings. The second kappa shape index (κ2) is 7.48. The predicted octanol–water partition coefficient (Wildman–Crippen LogP) is -0.983. The van der Waals surface area contributed by atoms with Crippen LogP contribution in [0.5, 0.6) is 0 Å². The Hall–Kier alpha value is -0.790. The lowest BCUT2D eigenvalue weighted by Crippen LogP contribution is -2.52. The van der Waals surface area contributed by atoms with Crippen molar-refractivity contribution < 1.29 is 19.8 Å². The van der Waals surface area contributed by atoms with Crippen LogP contribution in [-0.2, 0) is 9.59 Å². The van der Waals surface area contributed by atoms with Crippen molar-refractivity contribution in [2.24, 2.45) is 5.73 Å². The molecule has 0 unspecified atom stereocenters. The van der Waals surface area contributed by atoms with E-state index in [-0.39, 0.29) is 0 Å². The summed E-state index contributed by atoms with van der Waals surface area (Å²) in [6, 6.07) is -2.05. The quantitative estimate of drug-likeness (QED) is 0.462. The number of carboxylic acid groups (broad SMARTS) is 1. The van der Waals surface area contributed by atoms with Crippen molar-refractivity contribution in [3.8, 4) is 0 Å². The highest BCUT2D eigenvalue weighted by Crippen LogP contribution is 2.00.